The number of aliphatic hydroxyl groups is 1. The van der Waals surface area contributed by atoms with Crippen LogP contribution >= 0.6 is 11.3 Å². The van der Waals surface area contributed by atoms with Gasteiger partial charge in [0.05, 0.1) is 23.7 Å². The highest BCUT2D eigenvalue weighted by Gasteiger charge is 2.07. The second kappa shape index (κ2) is 3.30. The zero-order chi connectivity index (χ0) is 7.40. The fourth-order valence-electron chi connectivity index (χ4n) is 0.577. The lowest BCUT2D eigenvalue weighted by atomic mass is 10.2. The maximum absolute atomic E-state index is 9.13. The van der Waals surface area contributed by atoms with Crippen LogP contribution in [0, 0.1) is 11.3 Å². The SMILES string of the molecule is N#CCC(O)c1cscn1. The average molecular weight is 154 g/mol. The summed E-state index contributed by atoms with van der Waals surface area (Å²) in [6.07, 6.45) is -0.597. The first-order chi connectivity index (χ1) is 4.84. The van der Waals surface area contributed by atoms with Crippen molar-refractivity contribution < 1.29 is 5.11 Å². The van der Waals surface area contributed by atoms with Gasteiger partial charge in [-0.25, -0.2) is 4.98 Å². The van der Waals surface area contributed by atoms with Gasteiger partial charge >= 0.3 is 0 Å². The monoisotopic (exact) mass is 154 g/mol. The summed E-state index contributed by atoms with van der Waals surface area (Å²) in [6, 6.07) is 1.87. The van der Waals surface area contributed by atoms with Crippen LogP contribution in [-0.2, 0) is 0 Å². The molecule has 0 amide bonds. The van der Waals surface area contributed by atoms with Crippen LogP contribution in [0.2, 0.25) is 0 Å². The summed E-state index contributed by atoms with van der Waals surface area (Å²) in [5.41, 5.74) is 2.22. The molecular weight excluding hydrogens is 148 g/mol. The lowest BCUT2D eigenvalue weighted by Crippen LogP contribution is -1.94. The predicted molar refractivity (Wildman–Crippen MR) is 37.3 cm³/mol. The lowest BCUT2D eigenvalue weighted by Gasteiger charge is -1.98. The molecule has 0 saturated heterocycles. The summed E-state index contributed by atoms with van der Waals surface area (Å²) in [5.74, 6) is 0. The van der Waals surface area contributed by atoms with E-state index in [1.54, 1.807) is 10.9 Å². The van der Waals surface area contributed by atoms with Crippen LogP contribution in [0.25, 0.3) is 0 Å². The maximum Gasteiger partial charge on any atom is 0.110 e. The summed E-state index contributed by atoms with van der Waals surface area (Å²) < 4.78 is 0. The van der Waals surface area contributed by atoms with Gasteiger partial charge in [-0.15, -0.1) is 11.3 Å². The highest BCUT2D eigenvalue weighted by molar-refractivity contribution is 7.07. The van der Waals surface area contributed by atoms with Crippen molar-refractivity contribution in [2.75, 3.05) is 0 Å². The number of hydrogen-bond donors (Lipinski definition) is 1. The van der Waals surface area contributed by atoms with Gasteiger partial charge in [-0.1, -0.05) is 0 Å². The molecule has 3 nitrogen and oxygen atoms in total. The topological polar surface area (TPSA) is 56.9 Å². The molecule has 0 bridgehead atoms. The van der Waals surface area contributed by atoms with E-state index in [9.17, 15) is 0 Å². The van der Waals surface area contributed by atoms with E-state index in [0.717, 1.165) is 0 Å². The Morgan fingerprint density at radius 1 is 1.90 bits per heavy atom. The molecule has 0 saturated carbocycles. The molecule has 1 rings (SSSR count). The Morgan fingerprint density at radius 3 is 3.20 bits per heavy atom. The van der Waals surface area contributed by atoms with Crippen LogP contribution in [0.15, 0.2) is 10.9 Å². The van der Waals surface area contributed by atoms with Crippen molar-refractivity contribution in [3.05, 3.63) is 16.6 Å². The summed E-state index contributed by atoms with van der Waals surface area (Å²) in [7, 11) is 0. The molecule has 0 aliphatic carbocycles. The first kappa shape index (κ1) is 7.19. The van der Waals surface area contributed by atoms with Crippen LogP contribution in [0.4, 0.5) is 0 Å². The maximum atomic E-state index is 9.13. The van der Waals surface area contributed by atoms with Crippen molar-refractivity contribution in [1.29, 1.82) is 5.26 Å². The third-order valence-electron chi connectivity index (χ3n) is 1.08. The molecule has 0 aliphatic heterocycles. The lowest BCUT2D eigenvalue weighted by molar-refractivity contribution is 0.179. The Labute approximate surface area is 62.6 Å². The number of hydrogen-bond acceptors (Lipinski definition) is 4. The molecule has 1 atom stereocenters. The molecule has 4 heteroatoms. The average Bonchev–Trinajstić information content (AvgIpc) is 2.38. The molecular formula is C6H6N2OS. The van der Waals surface area contributed by atoms with Gasteiger partial charge in [-0.3, -0.25) is 0 Å². The van der Waals surface area contributed by atoms with Crippen molar-refractivity contribution in [3.8, 4) is 6.07 Å². The summed E-state index contributed by atoms with van der Waals surface area (Å²) in [4.78, 5) is 3.85. The first-order valence-electron chi connectivity index (χ1n) is 2.77. The minimum atomic E-state index is -0.712. The molecule has 0 radical (unpaired) electrons. The van der Waals surface area contributed by atoms with Gasteiger partial charge in [0.1, 0.15) is 6.10 Å². The highest BCUT2D eigenvalue weighted by Crippen LogP contribution is 2.14. The number of thiazole rings is 1. The van der Waals surface area contributed by atoms with E-state index in [4.69, 9.17) is 10.4 Å². The largest absolute Gasteiger partial charge is 0.386 e. The van der Waals surface area contributed by atoms with Crippen LogP contribution in [-0.4, -0.2) is 10.1 Å². The van der Waals surface area contributed by atoms with Crippen molar-refractivity contribution in [2.24, 2.45) is 0 Å². The van der Waals surface area contributed by atoms with Gasteiger partial charge in [0, 0.05) is 5.38 Å². The fourth-order valence-corrected chi connectivity index (χ4v) is 1.18. The standard InChI is InChI=1S/C6H6N2OS/c7-2-1-6(9)5-3-10-4-8-5/h3-4,6,9H,1H2. The molecule has 1 heterocycles. The van der Waals surface area contributed by atoms with E-state index in [1.165, 1.54) is 11.3 Å². The van der Waals surface area contributed by atoms with E-state index in [2.05, 4.69) is 4.98 Å². The van der Waals surface area contributed by atoms with Gasteiger partial charge in [0.2, 0.25) is 0 Å². The fraction of sp³-hybridized carbons (Fsp3) is 0.333. The second-order valence-electron chi connectivity index (χ2n) is 1.79. The third kappa shape index (κ3) is 1.53. The van der Waals surface area contributed by atoms with Gasteiger partial charge in [0.15, 0.2) is 0 Å². The zero-order valence-electron chi connectivity index (χ0n) is 5.19. The number of rotatable bonds is 2. The molecule has 1 aromatic rings. The molecule has 1 unspecified atom stereocenters. The number of aliphatic hydroxyl groups excluding tert-OH is 1. The van der Waals surface area contributed by atoms with Crippen LogP contribution in [0.5, 0.6) is 0 Å². The van der Waals surface area contributed by atoms with E-state index < -0.39 is 6.10 Å². The highest BCUT2D eigenvalue weighted by atomic mass is 32.1. The Balaban J connectivity index is 2.61. The molecule has 52 valence electrons. The van der Waals surface area contributed by atoms with Crippen molar-refractivity contribution in [2.45, 2.75) is 12.5 Å². The summed E-state index contributed by atoms with van der Waals surface area (Å²) in [5, 5.41) is 19.1. The third-order valence-corrected chi connectivity index (χ3v) is 1.68. The van der Waals surface area contributed by atoms with Crippen molar-refractivity contribution in [1.82, 2.24) is 4.98 Å². The predicted octanol–water partition coefficient (Wildman–Crippen LogP) is 1.09. The van der Waals surface area contributed by atoms with E-state index in [0.29, 0.717) is 5.69 Å². The summed E-state index contributed by atoms with van der Waals surface area (Å²) in [6.45, 7) is 0. The number of aromatic nitrogens is 1. The molecule has 0 aliphatic rings. The van der Waals surface area contributed by atoms with Crippen LogP contribution in [0.3, 0.4) is 0 Å². The molecule has 0 spiro atoms. The van der Waals surface area contributed by atoms with Crippen LogP contribution in [0.1, 0.15) is 18.2 Å². The zero-order valence-corrected chi connectivity index (χ0v) is 6.01. The smallest absolute Gasteiger partial charge is 0.110 e. The van der Waals surface area contributed by atoms with Gasteiger partial charge in [-0.2, -0.15) is 5.26 Å². The Morgan fingerprint density at radius 2 is 2.70 bits per heavy atom. The first-order valence-corrected chi connectivity index (χ1v) is 3.72. The molecule has 10 heavy (non-hydrogen) atoms. The number of nitrogens with zero attached hydrogens (tertiary/aromatic N) is 2. The van der Waals surface area contributed by atoms with E-state index >= 15 is 0 Å². The van der Waals surface area contributed by atoms with E-state index in [-0.39, 0.29) is 6.42 Å². The van der Waals surface area contributed by atoms with Gasteiger partial charge in [-0.05, 0) is 0 Å². The Kier molecular flexibility index (Phi) is 2.37. The summed E-state index contributed by atoms with van der Waals surface area (Å²) >= 11 is 1.41. The normalized spacial score (nSPS) is 12.4. The van der Waals surface area contributed by atoms with Crippen molar-refractivity contribution >= 4 is 11.3 Å². The molecule has 0 aromatic carbocycles. The van der Waals surface area contributed by atoms with E-state index in [1.807, 2.05) is 6.07 Å². The molecule has 1 N–H and O–H groups in total. The number of nitriles is 1. The Hall–Kier alpha value is -0.920. The minimum absolute atomic E-state index is 0.115. The molecule has 1 aromatic heterocycles. The van der Waals surface area contributed by atoms with Gasteiger partial charge < -0.3 is 5.11 Å². The quantitative estimate of drug-likeness (QED) is 0.693. The van der Waals surface area contributed by atoms with Crippen LogP contribution < -0.4 is 0 Å². The second-order valence-corrected chi connectivity index (χ2v) is 2.51. The Bertz CT molecular complexity index is 226. The van der Waals surface area contributed by atoms with Crippen molar-refractivity contribution in [3.63, 3.8) is 0 Å². The van der Waals surface area contributed by atoms with Gasteiger partial charge in [0.25, 0.3) is 0 Å². The molecule has 0 fully saturated rings. The minimum Gasteiger partial charge on any atom is -0.386 e.